The van der Waals surface area contributed by atoms with Gasteiger partial charge in [0.1, 0.15) is 25.4 Å². The van der Waals surface area contributed by atoms with Crippen molar-refractivity contribution in [3.8, 4) is 11.5 Å². The molecule has 154 valence electrons. The van der Waals surface area contributed by atoms with Crippen molar-refractivity contribution in [3.05, 3.63) is 64.4 Å². The van der Waals surface area contributed by atoms with E-state index in [0.717, 1.165) is 24.2 Å². The number of Topliss-reactive ketones (excluding diaryl/α,β-unsaturated/α-hetero) is 1. The van der Waals surface area contributed by atoms with Crippen LogP contribution in [0.3, 0.4) is 0 Å². The molecule has 1 heterocycles. The van der Waals surface area contributed by atoms with Gasteiger partial charge in [-0.25, -0.2) is 0 Å². The lowest BCUT2D eigenvalue weighted by Gasteiger charge is -2.20. The number of carbonyl (C=O) groups excluding carboxylic acids is 1. The van der Waals surface area contributed by atoms with Crippen LogP contribution in [-0.2, 0) is 16.0 Å². The van der Waals surface area contributed by atoms with E-state index in [9.17, 15) is 9.90 Å². The molecule has 3 rings (SSSR count). The van der Waals surface area contributed by atoms with Crippen LogP contribution in [0.5, 0.6) is 11.5 Å². The molecule has 0 unspecified atom stereocenters. The lowest BCUT2D eigenvalue weighted by molar-refractivity contribution is -0.914. The lowest BCUT2D eigenvalue weighted by Crippen LogP contribution is -3.11. The highest BCUT2D eigenvalue weighted by atomic mass is 16.5. The van der Waals surface area contributed by atoms with E-state index in [4.69, 9.17) is 14.2 Å². The normalized spacial score (nSPS) is 14.5. The van der Waals surface area contributed by atoms with Crippen LogP contribution in [0.1, 0.15) is 27.0 Å². The standard InChI is InChI=1S/C23H27NO5/c1-16-4-6-17(7-5-16)14-21-22(26)18-8-9-20(25)19(23(18)29-21)15-24(10-12-27-2)11-13-28-3/h4-9,14,25H,10-13,15H2,1-3H3/p+1/b21-14-. The fourth-order valence-corrected chi connectivity index (χ4v) is 3.33. The van der Waals surface area contributed by atoms with E-state index in [1.54, 1.807) is 32.4 Å². The van der Waals surface area contributed by atoms with Gasteiger partial charge in [0, 0.05) is 14.2 Å². The van der Waals surface area contributed by atoms with Crippen LogP contribution in [0.25, 0.3) is 6.08 Å². The van der Waals surface area contributed by atoms with Crippen LogP contribution in [0.2, 0.25) is 0 Å². The molecule has 0 bridgehead atoms. The number of ketones is 1. The number of carbonyl (C=O) groups is 1. The highest BCUT2D eigenvalue weighted by molar-refractivity contribution is 6.14. The van der Waals surface area contributed by atoms with Crippen LogP contribution in [0, 0.1) is 6.92 Å². The van der Waals surface area contributed by atoms with Gasteiger partial charge in [0.05, 0.1) is 24.3 Å². The molecule has 2 aromatic carbocycles. The van der Waals surface area contributed by atoms with E-state index in [1.165, 1.54) is 4.90 Å². The van der Waals surface area contributed by atoms with Crippen molar-refractivity contribution in [2.45, 2.75) is 13.5 Å². The number of hydrogen-bond donors (Lipinski definition) is 2. The summed E-state index contributed by atoms with van der Waals surface area (Å²) in [7, 11) is 3.32. The number of benzene rings is 2. The molecule has 0 spiro atoms. The Bertz CT molecular complexity index is 881. The molecular weight excluding hydrogens is 370 g/mol. The minimum atomic E-state index is -0.169. The van der Waals surface area contributed by atoms with Gasteiger partial charge < -0.3 is 24.2 Å². The Labute approximate surface area is 171 Å². The van der Waals surface area contributed by atoms with Crippen molar-refractivity contribution in [3.63, 3.8) is 0 Å². The van der Waals surface area contributed by atoms with Crippen LogP contribution in [0.4, 0.5) is 0 Å². The number of nitrogens with one attached hydrogen (secondary N) is 1. The summed E-state index contributed by atoms with van der Waals surface area (Å²) in [6.45, 7) is 5.21. The van der Waals surface area contributed by atoms with Gasteiger partial charge in [-0.1, -0.05) is 29.8 Å². The monoisotopic (exact) mass is 398 g/mol. The van der Waals surface area contributed by atoms with E-state index >= 15 is 0 Å². The van der Waals surface area contributed by atoms with E-state index in [0.29, 0.717) is 36.6 Å². The molecule has 29 heavy (non-hydrogen) atoms. The summed E-state index contributed by atoms with van der Waals surface area (Å²) >= 11 is 0. The van der Waals surface area contributed by atoms with Crippen LogP contribution >= 0.6 is 0 Å². The number of aromatic hydroxyl groups is 1. The summed E-state index contributed by atoms with van der Waals surface area (Å²) in [5.41, 5.74) is 3.15. The maximum Gasteiger partial charge on any atom is 0.231 e. The fraction of sp³-hybridized carbons (Fsp3) is 0.348. The molecule has 0 saturated heterocycles. The third-order valence-electron chi connectivity index (χ3n) is 5.04. The van der Waals surface area contributed by atoms with Crippen LogP contribution in [0.15, 0.2) is 42.2 Å². The van der Waals surface area contributed by atoms with Gasteiger partial charge in [-0.3, -0.25) is 4.79 Å². The van der Waals surface area contributed by atoms with Gasteiger partial charge in [0.25, 0.3) is 0 Å². The maximum absolute atomic E-state index is 12.8. The first-order valence-electron chi connectivity index (χ1n) is 9.70. The van der Waals surface area contributed by atoms with Crippen molar-refractivity contribution < 1.29 is 29.0 Å². The second kappa shape index (κ2) is 9.69. The molecule has 2 aromatic rings. The molecule has 0 aromatic heterocycles. The van der Waals surface area contributed by atoms with Gasteiger partial charge in [-0.2, -0.15) is 0 Å². The molecule has 0 radical (unpaired) electrons. The number of quaternary nitrogens is 1. The van der Waals surface area contributed by atoms with Crippen molar-refractivity contribution in [1.29, 1.82) is 0 Å². The molecule has 0 fully saturated rings. The molecule has 0 atom stereocenters. The molecule has 0 amide bonds. The molecule has 2 N–H and O–H groups in total. The molecule has 0 aliphatic carbocycles. The number of phenols is 1. The summed E-state index contributed by atoms with van der Waals surface area (Å²) in [6, 6.07) is 11.1. The average molecular weight is 398 g/mol. The molecule has 1 aliphatic rings. The zero-order valence-corrected chi connectivity index (χ0v) is 17.2. The number of fused-ring (bicyclic) bond motifs is 1. The minimum absolute atomic E-state index is 0.125. The average Bonchev–Trinajstić information content (AvgIpc) is 3.03. The van der Waals surface area contributed by atoms with Crippen molar-refractivity contribution in [2.75, 3.05) is 40.5 Å². The van der Waals surface area contributed by atoms with E-state index in [2.05, 4.69) is 0 Å². The van der Waals surface area contributed by atoms with Crippen molar-refractivity contribution in [1.82, 2.24) is 0 Å². The first-order valence-corrected chi connectivity index (χ1v) is 9.70. The van der Waals surface area contributed by atoms with E-state index < -0.39 is 0 Å². The maximum atomic E-state index is 12.8. The quantitative estimate of drug-likeness (QED) is 0.633. The summed E-state index contributed by atoms with van der Waals surface area (Å²) in [6.07, 6.45) is 1.74. The second-order valence-corrected chi connectivity index (χ2v) is 7.20. The minimum Gasteiger partial charge on any atom is -0.507 e. The van der Waals surface area contributed by atoms with Gasteiger partial charge in [0.15, 0.2) is 11.5 Å². The summed E-state index contributed by atoms with van der Waals surface area (Å²) in [4.78, 5) is 14.0. The second-order valence-electron chi connectivity index (χ2n) is 7.20. The summed E-state index contributed by atoms with van der Waals surface area (Å²) < 4.78 is 16.4. The Morgan fingerprint density at radius 1 is 1.03 bits per heavy atom. The molecule has 6 nitrogen and oxygen atoms in total. The first kappa shape index (κ1) is 21.0. The summed E-state index contributed by atoms with van der Waals surface area (Å²) in [5.74, 6) is 0.671. The summed E-state index contributed by atoms with van der Waals surface area (Å²) in [5, 5.41) is 10.5. The smallest absolute Gasteiger partial charge is 0.231 e. The Kier molecular flexibility index (Phi) is 7.04. The number of aryl methyl sites for hydroxylation is 1. The highest BCUT2D eigenvalue weighted by Gasteiger charge is 2.32. The fourth-order valence-electron chi connectivity index (χ4n) is 3.33. The molecule has 1 aliphatic heterocycles. The lowest BCUT2D eigenvalue weighted by atomic mass is 10.0. The number of rotatable bonds is 9. The van der Waals surface area contributed by atoms with Gasteiger partial charge in [-0.15, -0.1) is 0 Å². The predicted octanol–water partition coefficient (Wildman–Crippen LogP) is 1.99. The number of allylic oxidation sites excluding steroid dienone is 1. The largest absolute Gasteiger partial charge is 0.507 e. The van der Waals surface area contributed by atoms with Gasteiger partial charge in [0.2, 0.25) is 5.78 Å². The van der Waals surface area contributed by atoms with Gasteiger partial charge >= 0.3 is 0 Å². The Morgan fingerprint density at radius 3 is 2.31 bits per heavy atom. The number of phenolic OH excluding ortho intramolecular Hbond substituents is 1. The zero-order chi connectivity index (χ0) is 20.8. The molecular formula is C23H28NO5+. The third-order valence-corrected chi connectivity index (χ3v) is 5.04. The zero-order valence-electron chi connectivity index (χ0n) is 17.2. The highest BCUT2D eigenvalue weighted by Crippen LogP contribution is 2.39. The SMILES string of the molecule is COCC[NH+](CCOC)Cc1c(O)ccc2c1O/C(=C\c1ccc(C)cc1)C2=O. The van der Waals surface area contributed by atoms with E-state index in [1.807, 2.05) is 31.2 Å². The first-order chi connectivity index (χ1) is 14.0. The molecule has 6 heteroatoms. The Hall–Kier alpha value is -2.67. The van der Waals surface area contributed by atoms with Crippen molar-refractivity contribution in [2.24, 2.45) is 0 Å². The number of ether oxygens (including phenoxy) is 3. The van der Waals surface area contributed by atoms with Crippen LogP contribution in [-0.4, -0.2) is 51.4 Å². The van der Waals surface area contributed by atoms with Crippen LogP contribution < -0.4 is 9.64 Å². The third kappa shape index (κ3) is 5.03. The Balaban J connectivity index is 1.88. The van der Waals surface area contributed by atoms with Crippen molar-refractivity contribution >= 4 is 11.9 Å². The molecule has 0 saturated carbocycles. The van der Waals surface area contributed by atoms with E-state index in [-0.39, 0.29) is 17.3 Å². The number of hydrogen-bond acceptors (Lipinski definition) is 5. The Morgan fingerprint density at radius 2 is 1.69 bits per heavy atom. The topological polar surface area (TPSA) is 69.4 Å². The number of methoxy groups -OCH3 is 2. The predicted molar refractivity (Wildman–Crippen MR) is 110 cm³/mol. The van der Waals surface area contributed by atoms with Gasteiger partial charge in [-0.05, 0) is 30.7 Å².